The molecule has 1 atom stereocenters. The third kappa shape index (κ3) is 5.00. The lowest BCUT2D eigenvalue weighted by molar-refractivity contribution is -0.135. The first-order valence-electron chi connectivity index (χ1n) is 7.91. The van der Waals surface area contributed by atoms with Crippen LogP contribution in [0.25, 0.3) is 0 Å². The minimum absolute atomic E-state index is 0.139. The van der Waals surface area contributed by atoms with Gasteiger partial charge in [-0.1, -0.05) is 18.2 Å². The Hall–Kier alpha value is -1.59. The number of nitrogens with zero attached hydrogens (tertiary/aromatic N) is 1. The van der Waals surface area contributed by atoms with Crippen molar-refractivity contribution in [2.24, 2.45) is 11.7 Å². The number of benzene rings is 1. The van der Waals surface area contributed by atoms with Crippen molar-refractivity contribution in [2.75, 3.05) is 33.4 Å². The summed E-state index contributed by atoms with van der Waals surface area (Å²) in [6.45, 7) is 2.68. The van der Waals surface area contributed by atoms with Crippen molar-refractivity contribution in [3.8, 4) is 5.75 Å². The SMILES string of the molecule is COC(CN)CC(=O)N1CCC(COc2ccccc2)CC1. The molecule has 2 rings (SSSR count). The van der Waals surface area contributed by atoms with Crippen molar-refractivity contribution in [3.05, 3.63) is 30.3 Å². The van der Waals surface area contributed by atoms with Crippen LogP contribution in [0.2, 0.25) is 0 Å². The summed E-state index contributed by atoms with van der Waals surface area (Å²) in [6.07, 6.45) is 2.17. The van der Waals surface area contributed by atoms with Gasteiger partial charge in [0.1, 0.15) is 5.75 Å². The van der Waals surface area contributed by atoms with E-state index in [2.05, 4.69) is 0 Å². The van der Waals surface area contributed by atoms with Gasteiger partial charge in [-0.3, -0.25) is 4.79 Å². The van der Waals surface area contributed by atoms with Crippen LogP contribution >= 0.6 is 0 Å². The highest BCUT2D eigenvalue weighted by Crippen LogP contribution is 2.20. The number of nitrogens with two attached hydrogens (primary N) is 1. The Morgan fingerprint density at radius 2 is 2.00 bits per heavy atom. The van der Waals surface area contributed by atoms with Crippen LogP contribution in [-0.4, -0.2) is 50.3 Å². The zero-order chi connectivity index (χ0) is 15.8. The molecule has 0 aromatic heterocycles. The second-order valence-electron chi connectivity index (χ2n) is 5.75. The molecule has 1 fully saturated rings. The quantitative estimate of drug-likeness (QED) is 0.832. The third-order valence-electron chi connectivity index (χ3n) is 4.19. The topological polar surface area (TPSA) is 64.8 Å². The van der Waals surface area contributed by atoms with E-state index >= 15 is 0 Å². The van der Waals surface area contributed by atoms with E-state index in [1.807, 2.05) is 35.2 Å². The van der Waals surface area contributed by atoms with Gasteiger partial charge < -0.3 is 20.1 Å². The molecule has 5 heteroatoms. The van der Waals surface area contributed by atoms with Gasteiger partial charge in [0.05, 0.1) is 19.1 Å². The van der Waals surface area contributed by atoms with E-state index in [0.29, 0.717) is 18.9 Å². The van der Waals surface area contributed by atoms with Gasteiger partial charge in [-0.2, -0.15) is 0 Å². The molecule has 0 aliphatic carbocycles. The summed E-state index contributed by atoms with van der Waals surface area (Å²) in [5, 5.41) is 0. The molecule has 1 saturated heterocycles. The monoisotopic (exact) mass is 306 g/mol. The standard InChI is InChI=1S/C17H26N2O3/c1-21-16(12-18)11-17(20)19-9-7-14(8-10-19)13-22-15-5-3-2-4-6-15/h2-6,14,16H,7-13,18H2,1H3. The summed E-state index contributed by atoms with van der Waals surface area (Å²) < 4.78 is 11.0. The fourth-order valence-corrected chi connectivity index (χ4v) is 2.67. The molecular weight excluding hydrogens is 280 g/mol. The molecule has 1 aromatic rings. The van der Waals surface area contributed by atoms with Crippen molar-refractivity contribution in [1.82, 2.24) is 4.90 Å². The van der Waals surface area contributed by atoms with Crippen molar-refractivity contribution in [1.29, 1.82) is 0 Å². The Balaban J connectivity index is 1.70. The molecule has 22 heavy (non-hydrogen) atoms. The largest absolute Gasteiger partial charge is 0.493 e. The lowest BCUT2D eigenvalue weighted by Crippen LogP contribution is -2.42. The highest BCUT2D eigenvalue weighted by atomic mass is 16.5. The van der Waals surface area contributed by atoms with Crippen LogP contribution in [0.5, 0.6) is 5.75 Å². The number of amides is 1. The third-order valence-corrected chi connectivity index (χ3v) is 4.19. The maximum absolute atomic E-state index is 12.2. The van der Waals surface area contributed by atoms with Crippen molar-refractivity contribution in [3.63, 3.8) is 0 Å². The second kappa shape index (κ2) is 8.76. The molecule has 5 nitrogen and oxygen atoms in total. The van der Waals surface area contributed by atoms with E-state index in [1.165, 1.54) is 0 Å². The van der Waals surface area contributed by atoms with Gasteiger partial charge in [-0.25, -0.2) is 0 Å². The average molecular weight is 306 g/mol. The number of methoxy groups -OCH3 is 1. The normalized spacial score (nSPS) is 17.3. The Bertz CT molecular complexity index is 440. The molecule has 0 spiro atoms. The first-order chi connectivity index (χ1) is 10.7. The summed E-state index contributed by atoms with van der Waals surface area (Å²) in [6, 6.07) is 9.86. The number of piperidine rings is 1. The van der Waals surface area contributed by atoms with Crippen LogP contribution in [-0.2, 0) is 9.53 Å². The summed E-state index contributed by atoms with van der Waals surface area (Å²) in [7, 11) is 1.60. The molecule has 1 aliphatic rings. The number of rotatable bonds is 7. The van der Waals surface area contributed by atoms with Gasteiger partial charge in [-0.15, -0.1) is 0 Å². The molecule has 1 amide bonds. The lowest BCUT2D eigenvalue weighted by Gasteiger charge is -2.32. The summed E-state index contributed by atoms with van der Waals surface area (Å²) in [5.41, 5.74) is 5.57. The summed E-state index contributed by atoms with van der Waals surface area (Å²) >= 11 is 0. The Kier molecular flexibility index (Phi) is 6.68. The van der Waals surface area contributed by atoms with Crippen LogP contribution in [0.15, 0.2) is 30.3 Å². The molecule has 2 N–H and O–H groups in total. The predicted molar refractivity (Wildman–Crippen MR) is 85.7 cm³/mol. The van der Waals surface area contributed by atoms with E-state index in [4.69, 9.17) is 15.2 Å². The molecule has 0 radical (unpaired) electrons. The summed E-state index contributed by atoms with van der Waals surface area (Å²) in [5.74, 6) is 1.56. The van der Waals surface area contributed by atoms with Crippen LogP contribution < -0.4 is 10.5 Å². The van der Waals surface area contributed by atoms with Gasteiger partial charge in [0.2, 0.25) is 5.91 Å². The maximum atomic E-state index is 12.2. The average Bonchev–Trinajstić information content (AvgIpc) is 2.59. The Morgan fingerprint density at radius 1 is 1.32 bits per heavy atom. The molecule has 0 bridgehead atoms. The zero-order valence-electron chi connectivity index (χ0n) is 13.2. The molecule has 1 aromatic carbocycles. The second-order valence-corrected chi connectivity index (χ2v) is 5.75. The van der Waals surface area contributed by atoms with Gasteiger partial charge in [0.25, 0.3) is 0 Å². The number of carbonyl (C=O) groups excluding carboxylic acids is 1. The molecular formula is C17H26N2O3. The van der Waals surface area contributed by atoms with Crippen LogP contribution in [0.3, 0.4) is 0 Å². The van der Waals surface area contributed by atoms with Crippen LogP contribution in [0, 0.1) is 5.92 Å². The van der Waals surface area contributed by atoms with Crippen LogP contribution in [0.4, 0.5) is 0 Å². The highest BCUT2D eigenvalue weighted by molar-refractivity contribution is 5.76. The highest BCUT2D eigenvalue weighted by Gasteiger charge is 2.24. The number of likely N-dealkylation sites (tertiary alicyclic amines) is 1. The van der Waals surface area contributed by atoms with Gasteiger partial charge in [0, 0.05) is 26.7 Å². The zero-order valence-corrected chi connectivity index (χ0v) is 13.2. The van der Waals surface area contributed by atoms with E-state index in [0.717, 1.165) is 38.3 Å². The van der Waals surface area contributed by atoms with E-state index in [9.17, 15) is 4.79 Å². The Morgan fingerprint density at radius 3 is 2.59 bits per heavy atom. The Labute approximate surface area is 132 Å². The fourth-order valence-electron chi connectivity index (χ4n) is 2.67. The van der Waals surface area contributed by atoms with E-state index < -0.39 is 0 Å². The number of hydrogen-bond donors (Lipinski definition) is 1. The van der Waals surface area contributed by atoms with Crippen molar-refractivity contribution in [2.45, 2.75) is 25.4 Å². The minimum Gasteiger partial charge on any atom is -0.493 e. The van der Waals surface area contributed by atoms with Crippen LogP contribution in [0.1, 0.15) is 19.3 Å². The smallest absolute Gasteiger partial charge is 0.225 e. The van der Waals surface area contributed by atoms with Gasteiger partial charge >= 0.3 is 0 Å². The van der Waals surface area contributed by atoms with Gasteiger partial charge in [-0.05, 0) is 30.9 Å². The van der Waals surface area contributed by atoms with Crippen molar-refractivity contribution < 1.29 is 14.3 Å². The minimum atomic E-state index is -0.174. The molecule has 0 saturated carbocycles. The number of para-hydroxylation sites is 1. The maximum Gasteiger partial charge on any atom is 0.225 e. The van der Waals surface area contributed by atoms with E-state index in [1.54, 1.807) is 7.11 Å². The molecule has 1 unspecified atom stereocenters. The predicted octanol–water partition coefficient (Wildman–Crippen LogP) is 1.67. The summed E-state index contributed by atoms with van der Waals surface area (Å²) in [4.78, 5) is 14.1. The molecule has 122 valence electrons. The molecule has 1 heterocycles. The van der Waals surface area contributed by atoms with Gasteiger partial charge in [0.15, 0.2) is 0 Å². The number of ether oxygens (including phenoxy) is 2. The van der Waals surface area contributed by atoms with Crippen molar-refractivity contribution >= 4 is 5.91 Å². The van der Waals surface area contributed by atoms with E-state index in [-0.39, 0.29) is 12.0 Å². The first-order valence-corrected chi connectivity index (χ1v) is 7.91. The molecule has 1 aliphatic heterocycles. The first kappa shape index (κ1) is 16.8. The fraction of sp³-hybridized carbons (Fsp3) is 0.588. The lowest BCUT2D eigenvalue weighted by atomic mass is 9.97. The number of hydrogen-bond acceptors (Lipinski definition) is 4. The number of carbonyl (C=O) groups is 1.